The average Bonchev–Trinajstić information content (AvgIpc) is 0.779. The number of ketones is 2. The van der Waals surface area contributed by atoms with Crippen molar-refractivity contribution in [2.45, 2.75) is 50.9 Å². The Balaban J connectivity index is 0.000000171. The second-order valence-corrected chi connectivity index (χ2v) is 25.8. The van der Waals surface area contributed by atoms with E-state index in [4.69, 9.17) is 91.6 Å². The van der Waals surface area contributed by atoms with Crippen molar-refractivity contribution >= 4 is 95.0 Å². The molecule has 0 saturated heterocycles. The van der Waals surface area contributed by atoms with E-state index in [9.17, 15) is 35.9 Å². The number of hydrogen-bond acceptors (Lipinski definition) is 18. The van der Waals surface area contributed by atoms with Crippen molar-refractivity contribution in [1.82, 2.24) is 19.9 Å². The number of alkyl halides is 7. The van der Waals surface area contributed by atoms with Gasteiger partial charge in [0.2, 0.25) is 17.2 Å². The van der Waals surface area contributed by atoms with E-state index in [-0.39, 0.29) is 48.4 Å². The van der Waals surface area contributed by atoms with E-state index in [1.54, 1.807) is 112 Å². The van der Waals surface area contributed by atoms with E-state index in [1.165, 1.54) is 12.1 Å². The van der Waals surface area contributed by atoms with Crippen molar-refractivity contribution in [3.05, 3.63) is 188 Å². The van der Waals surface area contributed by atoms with Gasteiger partial charge in [0.1, 0.15) is 74.2 Å². The fourth-order valence-corrected chi connectivity index (χ4v) is 12.3. The zero-order chi connectivity index (χ0) is 73.5. The van der Waals surface area contributed by atoms with Crippen LogP contribution >= 0.6 is 50.7 Å². The molecule has 0 amide bonds. The topological polar surface area (TPSA) is 187 Å². The zero-order valence-electron chi connectivity index (χ0n) is 56.3. The smallest absolute Gasteiger partial charge is 0.417 e. The molecule has 3 aliphatic rings. The van der Waals surface area contributed by atoms with Crippen LogP contribution in [-0.4, -0.2) is 131 Å². The number of halogens is 10. The highest BCUT2D eigenvalue weighted by atomic mass is 79.9. The number of fused-ring (bicyclic) bond motifs is 9. The summed E-state index contributed by atoms with van der Waals surface area (Å²) in [5, 5.41) is 2.67. The largest absolute Gasteiger partial charge is 0.493 e. The first-order valence-electron chi connectivity index (χ1n) is 32.8. The molecular formula is C76H68BrCl3F6N4O14. The number of rotatable bonds is 25. The average molecular weight is 1560 g/mol. The van der Waals surface area contributed by atoms with Crippen LogP contribution in [0.1, 0.15) is 46.2 Å². The van der Waals surface area contributed by atoms with Crippen LogP contribution in [0, 0.1) is 0 Å². The lowest BCUT2D eigenvalue weighted by Gasteiger charge is -2.24. The first-order chi connectivity index (χ1) is 50.2. The molecule has 0 spiro atoms. The molecule has 6 heterocycles. The molecule has 546 valence electrons. The summed E-state index contributed by atoms with van der Waals surface area (Å²) in [6.45, 7) is 5.87. The van der Waals surface area contributed by atoms with Crippen LogP contribution in [0.3, 0.4) is 0 Å². The molecule has 18 nitrogen and oxygen atoms in total. The maximum Gasteiger partial charge on any atom is 0.417 e. The Morgan fingerprint density at radius 1 is 0.452 bits per heavy atom. The molecule has 0 fully saturated rings. The molecule has 0 unspecified atom stereocenters. The van der Waals surface area contributed by atoms with Gasteiger partial charge >= 0.3 is 12.4 Å². The van der Waals surface area contributed by atoms with Crippen molar-refractivity contribution in [2.75, 3.05) is 99.1 Å². The van der Waals surface area contributed by atoms with Crippen molar-refractivity contribution in [2.24, 2.45) is 0 Å². The minimum atomic E-state index is -4.60. The Hall–Kier alpha value is -9.24. The molecule has 7 aromatic carbocycles. The molecule has 0 radical (unpaired) electrons. The minimum Gasteiger partial charge on any atom is -0.493 e. The minimum absolute atomic E-state index is 0.0490. The fraction of sp³-hybridized carbons (Fsp3) is 0.303. The van der Waals surface area contributed by atoms with Gasteiger partial charge in [0.05, 0.1) is 85.8 Å². The fourth-order valence-electron chi connectivity index (χ4n) is 11.4. The Bertz CT molecular complexity index is 4700. The summed E-state index contributed by atoms with van der Waals surface area (Å²) in [4.78, 5) is 40.7. The van der Waals surface area contributed by atoms with Crippen LogP contribution in [0.5, 0.6) is 74.7 Å². The number of Topliss-reactive ketones (excluding diaryl/α,β-unsaturated/α-hetero) is 2. The Kier molecular flexibility index (Phi) is 25.6. The zero-order valence-corrected chi connectivity index (χ0v) is 60.1. The summed E-state index contributed by atoms with van der Waals surface area (Å²) in [6, 6.07) is 31.5. The van der Waals surface area contributed by atoms with Gasteiger partial charge in [-0.05, 0) is 109 Å². The van der Waals surface area contributed by atoms with Crippen molar-refractivity contribution in [1.29, 1.82) is 0 Å². The van der Waals surface area contributed by atoms with Gasteiger partial charge in [-0.15, -0.1) is 0 Å². The first-order valence-corrected chi connectivity index (χ1v) is 35.0. The van der Waals surface area contributed by atoms with Crippen molar-refractivity contribution in [3.63, 3.8) is 0 Å². The van der Waals surface area contributed by atoms with Gasteiger partial charge in [0, 0.05) is 88.0 Å². The van der Waals surface area contributed by atoms with Crippen LogP contribution in [-0.2, 0) is 52.4 Å². The number of likely N-dealkylation sites (N-methyl/N-ethyl adjacent to an activating group) is 1. The third kappa shape index (κ3) is 19.2. The molecule has 3 aromatic heterocycles. The summed E-state index contributed by atoms with van der Waals surface area (Å²) in [5.41, 5.74) is 1.97. The number of aromatic nitrogens is 3. The summed E-state index contributed by atoms with van der Waals surface area (Å²) in [5.74, 6) is 6.52. The maximum atomic E-state index is 13.2. The van der Waals surface area contributed by atoms with Gasteiger partial charge in [0.25, 0.3) is 0 Å². The summed E-state index contributed by atoms with van der Waals surface area (Å²) in [7, 11) is 5.31. The molecule has 0 saturated carbocycles. The molecule has 0 bridgehead atoms. The van der Waals surface area contributed by atoms with E-state index in [0.717, 1.165) is 66.4 Å². The van der Waals surface area contributed by atoms with E-state index in [0.29, 0.717) is 172 Å². The SMILES string of the molecule is COCCN(C)CCCOc1cc2nccc(Oc3ccc(CC(=O)Cc4ccc(Cl)c(C(F)(F)F)c4)cc3)c2c2c1OCCO2.COc1cc2nccc(Cl)c2c2c1OCCO2.O=C(Cc1ccc(Oc2ccnc3cc(OCCCBr)c4c(c23)OCCO4)cc1)Cc1ccc(Cl)c(C(F)(F)F)c1. The summed E-state index contributed by atoms with van der Waals surface area (Å²) < 4.78 is 149. The van der Waals surface area contributed by atoms with Gasteiger partial charge < -0.3 is 61.7 Å². The highest BCUT2D eigenvalue weighted by Crippen LogP contribution is 2.51. The second-order valence-electron chi connectivity index (χ2n) is 23.8. The number of nitrogens with zero attached hydrogens (tertiary/aromatic N) is 4. The van der Waals surface area contributed by atoms with Gasteiger partial charge in [-0.3, -0.25) is 24.5 Å². The third-order valence-corrected chi connectivity index (χ3v) is 17.8. The van der Waals surface area contributed by atoms with Crippen molar-refractivity contribution < 1.29 is 92.8 Å². The molecule has 3 aliphatic heterocycles. The highest BCUT2D eigenvalue weighted by Gasteiger charge is 2.35. The quantitative estimate of drug-likeness (QED) is 0.0298. The lowest BCUT2D eigenvalue weighted by Crippen LogP contribution is -2.25. The lowest BCUT2D eigenvalue weighted by atomic mass is 10.0. The van der Waals surface area contributed by atoms with Crippen LogP contribution in [0.4, 0.5) is 26.3 Å². The van der Waals surface area contributed by atoms with Gasteiger partial charge in [-0.1, -0.05) is 87.1 Å². The van der Waals surface area contributed by atoms with Crippen molar-refractivity contribution in [3.8, 4) is 74.7 Å². The van der Waals surface area contributed by atoms with Crippen LogP contribution in [0.2, 0.25) is 15.1 Å². The van der Waals surface area contributed by atoms with Gasteiger partial charge in [0.15, 0.2) is 34.5 Å². The number of ether oxygens (including phenoxy) is 12. The van der Waals surface area contributed by atoms with Crippen LogP contribution in [0.15, 0.2) is 140 Å². The highest BCUT2D eigenvalue weighted by molar-refractivity contribution is 9.09. The first kappa shape index (κ1) is 75.9. The molecule has 104 heavy (non-hydrogen) atoms. The molecule has 0 N–H and O–H groups in total. The molecule has 0 atom stereocenters. The number of methoxy groups -OCH3 is 2. The maximum absolute atomic E-state index is 13.2. The summed E-state index contributed by atoms with van der Waals surface area (Å²) in [6.07, 6.45) is -2.82. The van der Waals surface area contributed by atoms with E-state index in [2.05, 4.69) is 35.8 Å². The Labute approximate surface area is 617 Å². The monoisotopic (exact) mass is 1560 g/mol. The molecule has 10 aromatic rings. The van der Waals surface area contributed by atoms with Gasteiger partial charge in [-0.25, -0.2) is 0 Å². The second kappa shape index (κ2) is 35.0. The summed E-state index contributed by atoms with van der Waals surface area (Å²) >= 11 is 20.9. The number of benzene rings is 7. The number of pyridine rings is 3. The van der Waals surface area contributed by atoms with Gasteiger partial charge in [-0.2, -0.15) is 26.3 Å². The predicted molar refractivity (Wildman–Crippen MR) is 384 cm³/mol. The lowest BCUT2D eigenvalue weighted by molar-refractivity contribution is -0.138. The number of carbonyl (C=O) groups is 2. The van der Waals surface area contributed by atoms with Crippen LogP contribution < -0.4 is 52.1 Å². The standard InChI is InChI=1S/C34H34ClF3N2O6.C30H24BrClF3NO5.C12H10ClNO3/c1-40(13-15-42-2)12-3-14-43-30-21-28-31(33-32(30)44-16-17-45-33)29(10-11-39-28)46-25-7-4-22(5-8-25)18-24(41)19-23-6-9-27(35)26(20-23)34(36,37)38;31-9-1-11-38-26-17-24-27(29-28(26)39-12-13-40-29)25(8-10-36-24)41-21-5-2-18(3-6-21)14-20(37)15-19-4-7-23(32)22(16-19)30(33,34)35;1-15-9-6-8-10(7(13)2-3-14-8)12-11(9)16-4-5-17-12/h4-11,20-21H,3,12-19H2,1-2H3;2-8,10,16-17H,1,9,11-15H2;2-3,6H,4-5H2,1H3. The predicted octanol–water partition coefficient (Wildman–Crippen LogP) is 17.8. The third-order valence-electron chi connectivity index (χ3n) is 16.3. The Morgan fingerprint density at radius 3 is 1.27 bits per heavy atom. The molecule has 13 rings (SSSR count). The number of hydrogen-bond donors (Lipinski definition) is 0. The Morgan fingerprint density at radius 2 is 0.837 bits per heavy atom. The van der Waals surface area contributed by atoms with E-state index in [1.807, 2.05) is 13.1 Å². The normalized spacial score (nSPS) is 13.0. The van der Waals surface area contributed by atoms with E-state index >= 15 is 0 Å². The van der Waals surface area contributed by atoms with Crippen LogP contribution in [0.25, 0.3) is 32.7 Å². The number of carbonyl (C=O) groups excluding carboxylic acids is 2. The molecular weight excluding hydrogens is 1490 g/mol. The van der Waals surface area contributed by atoms with E-state index < -0.39 is 33.5 Å². The molecule has 0 aliphatic carbocycles. The molecule has 28 heteroatoms.